The van der Waals surface area contributed by atoms with Crippen molar-refractivity contribution in [3.05, 3.63) is 72.4 Å². The fraction of sp³-hybridized carbons (Fsp3) is 0.292. The zero-order valence-electron chi connectivity index (χ0n) is 18.3. The monoisotopic (exact) mass is 462 g/mol. The van der Waals surface area contributed by atoms with E-state index < -0.39 is 11.6 Å². The zero-order chi connectivity index (χ0) is 23.2. The molecule has 10 heteroatoms. The summed E-state index contributed by atoms with van der Waals surface area (Å²) in [7, 11) is 0. The molecule has 2 aliphatic rings. The van der Waals surface area contributed by atoms with Crippen LogP contribution in [0.25, 0.3) is 22.3 Å². The Morgan fingerprint density at radius 3 is 2.59 bits per heavy atom. The normalized spacial score (nSPS) is 17.9. The van der Waals surface area contributed by atoms with E-state index in [9.17, 15) is 13.6 Å². The van der Waals surface area contributed by atoms with Crippen LogP contribution >= 0.6 is 0 Å². The van der Waals surface area contributed by atoms with Gasteiger partial charge in [-0.1, -0.05) is 0 Å². The molecule has 2 aliphatic heterocycles. The first-order valence-corrected chi connectivity index (χ1v) is 11.2. The highest BCUT2D eigenvalue weighted by Gasteiger charge is 2.37. The number of aromatic nitrogens is 5. The van der Waals surface area contributed by atoms with Crippen molar-refractivity contribution < 1.29 is 13.6 Å². The van der Waals surface area contributed by atoms with Gasteiger partial charge in [0, 0.05) is 67.2 Å². The van der Waals surface area contributed by atoms with Gasteiger partial charge in [-0.15, -0.1) is 0 Å². The number of halogens is 2. The van der Waals surface area contributed by atoms with Gasteiger partial charge in [0.15, 0.2) is 0 Å². The fourth-order valence-corrected chi connectivity index (χ4v) is 4.84. The van der Waals surface area contributed by atoms with Crippen LogP contribution in [0.5, 0.6) is 0 Å². The summed E-state index contributed by atoms with van der Waals surface area (Å²) in [5.41, 5.74) is 2.65. The van der Waals surface area contributed by atoms with Crippen LogP contribution in [0.15, 0.2) is 49.2 Å². The third kappa shape index (κ3) is 3.73. The van der Waals surface area contributed by atoms with E-state index in [-0.39, 0.29) is 11.5 Å². The molecular weight excluding hydrogens is 440 g/mol. The van der Waals surface area contributed by atoms with E-state index in [1.54, 1.807) is 11.2 Å². The molecule has 3 aromatic heterocycles. The lowest BCUT2D eigenvalue weighted by Crippen LogP contribution is -2.56. The number of amides is 1. The van der Waals surface area contributed by atoms with Gasteiger partial charge >= 0.3 is 0 Å². The lowest BCUT2D eigenvalue weighted by atomic mass is 9.97. The molecule has 1 N–H and O–H groups in total. The molecule has 2 saturated heterocycles. The zero-order valence-corrected chi connectivity index (χ0v) is 18.3. The van der Waals surface area contributed by atoms with Crippen molar-refractivity contribution in [1.29, 1.82) is 0 Å². The molecule has 0 spiro atoms. The summed E-state index contributed by atoms with van der Waals surface area (Å²) in [4.78, 5) is 28.5. The summed E-state index contributed by atoms with van der Waals surface area (Å²) in [6.07, 6.45) is 8.87. The number of rotatable bonds is 4. The van der Waals surface area contributed by atoms with Crippen LogP contribution in [-0.4, -0.2) is 72.7 Å². The molecule has 2 fully saturated rings. The van der Waals surface area contributed by atoms with E-state index in [2.05, 4.69) is 25.0 Å². The molecule has 173 valence electrons. The molecule has 34 heavy (non-hydrogen) atoms. The van der Waals surface area contributed by atoms with E-state index in [0.29, 0.717) is 19.1 Å². The Hall–Kier alpha value is -3.66. The summed E-state index contributed by atoms with van der Waals surface area (Å²) >= 11 is 0. The number of hydrogen-bond donors (Lipinski definition) is 1. The molecule has 0 saturated carbocycles. The second-order valence-corrected chi connectivity index (χ2v) is 8.79. The van der Waals surface area contributed by atoms with Crippen molar-refractivity contribution in [2.45, 2.75) is 18.9 Å². The lowest BCUT2D eigenvalue weighted by molar-refractivity contribution is 0.0514. The van der Waals surface area contributed by atoms with Crippen molar-refractivity contribution in [2.75, 3.05) is 26.2 Å². The Kier molecular flexibility index (Phi) is 5.09. The maximum atomic E-state index is 13.5. The number of piperidine rings is 1. The summed E-state index contributed by atoms with van der Waals surface area (Å²) < 4.78 is 28.9. The van der Waals surface area contributed by atoms with Gasteiger partial charge in [0.2, 0.25) is 0 Å². The highest BCUT2D eigenvalue weighted by Crippen LogP contribution is 2.30. The number of likely N-dealkylation sites (tertiary alicyclic amines) is 2. The summed E-state index contributed by atoms with van der Waals surface area (Å²) in [6.45, 7) is 2.77. The second-order valence-electron chi connectivity index (χ2n) is 8.79. The molecule has 1 amide bonds. The van der Waals surface area contributed by atoms with Gasteiger partial charge in [-0.25, -0.2) is 18.7 Å². The van der Waals surface area contributed by atoms with Crippen LogP contribution < -0.4 is 0 Å². The number of hydrogen-bond acceptors (Lipinski definition) is 5. The predicted octanol–water partition coefficient (Wildman–Crippen LogP) is 3.10. The molecule has 6 rings (SSSR count). The highest BCUT2D eigenvalue weighted by atomic mass is 19.1. The standard InChI is InChI=1S/C24H22F2N7O/c25-17-7-15(8-18(26)9-17)24(34)31-5-2-19(3-6-31)32-12-20(13-32)33-11-16(10-30-33)22-21-1-4-27-23(21)29-14-28-22/h1,4,7-11,14,19H,2-3,5-6,12-13H2,(H,27,28,29). The number of carbonyl (C=O) groups excluding carboxylic acids is 1. The average molecular weight is 462 g/mol. The molecule has 0 aliphatic carbocycles. The fourth-order valence-electron chi connectivity index (χ4n) is 4.84. The first-order valence-electron chi connectivity index (χ1n) is 11.2. The number of nitrogens with zero attached hydrogens (tertiary/aromatic N) is 6. The number of nitrogens with one attached hydrogen (secondary N) is 1. The molecule has 0 unspecified atom stereocenters. The Morgan fingerprint density at radius 1 is 1.06 bits per heavy atom. The van der Waals surface area contributed by atoms with E-state index in [4.69, 9.17) is 0 Å². The van der Waals surface area contributed by atoms with Crippen LogP contribution in [0, 0.1) is 17.7 Å². The van der Waals surface area contributed by atoms with Crippen molar-refractivity contribution in [1.82, 2.24) is 34.5 Å². The van der Waals surface area contributed by atoms with E-state index in [1.807, 2.05) is 29.3 Å². The van der Waals surface area contributed by atoms with Crippen LogP contribution in [-0.2, 0) is 0 Å². The molecule has 0 bridgehead atoms. The maximum absolute atomic E-state index is 13.5. The van der Waals surface area contributed by atoms with Crippen molar-refractivity contribution >= 4 is 16.9 Å². The van der Waals surface area contributed by atoms with Crippen LogP contribution in [0.3, 0.4) is 0 Å². The Bertz CT molecular complexity index is 1330. The van der Waals surface area contributed by atoms with Crippen molar-refractivity contribution in [2.24, 2.45) is 0 Å². The van der Waals surface area contributed by atoms with Gasteiger partial charge in [0.25, 0.3) is 5.91 Å². The number of carbonyl (C=O) groups is 1. The first kappa shape index (κ1) is 20.9. The molecule has 8 nitrogen and oxygen atoms in total. The van der Waals surface area contributed by atoms with E-state index in [1.165, 1.54) is 6.04 Å². The van der Waals surface area contributed by atoms with E-state index >= 15 is 0 Å². The first-order chi connectivity index (χ1) is 16.5. The van der Waals surface area contributed by atoms with Gasteiger partial charge in [-0.3, -0.25) is 14.4 Å². The maximum Gasteiger partial charge on any atom is 0.254 e. The van der Waals surface area contributed by atoms with Crippen LogP contribution in [0.4, 0.5) is 8.78 Å². The smallest absolute Gasteiger partial charge is 0.254 e. The predicted molar refractivity (Wildman–Crippen MR) is 121 cm³/mol. The Labute approximate surface area is 194 Å². The number of aromatic amines is 1. The number of H-pyrrole nitrogens is 1. The van der Waals surface area contributed by atoms with Gasteiger partial charge in [-0.2, -0.15) is 5.10 Å². The Balaban J connectivity index is 1.05. The molecular formula is C24H22F2N7O. The molecule has 4 aromatic rings. The topological polar surface area (TPSA) is 82.9 Å². The quantitative estimate of drug-likeness (QED) is 0.504. The minimum absolute atomic E-state index is 0.0607. The van der Waals surface area contributed by atoms with Gasteiger partial charge in [0.05, 0.1) is 11.9 Å². The number of fused-ring (bicyclic) bond motifs is 1. The van der Waals surface area contributed by atoms with Crippen LogP contribution in [0.2, 0.25) is 0 Å². The summed E-state index contributed by atoms with van der Waals surface area (Å²) in [6, 6.07) is 6.50. The molecule has 1 aromatic carbocycles. The van der Waals surface area contributed by atoms with Crippen molar-refractivity contribution in [3.63, 3.8) is 0 Å². The van der Waals surface area contributed by atoms with Gasteiger partial charge in [0.1, 0.15) is 29.7 Å². The molecule has 1 radical (unpaired) electrons. The highest BCUT2D eigenvalue weighted by molar-refractivity contribution is 5.94. The third-order valence-electron chi connectivity index (χ3n) is 6.68. The summed E-state index contributed by atoms with van der Waals surface area (Å²) in [5, 5.41) is 5.50. The molecule has 0 atom stereocenters. The largest absolute Gasteiger partial charge is 0.346 e. The van der Waals surface area contributed by atoms with Gasteiger partial charge < -0.3 is 9.88 Å². The SMILES string of the molecule is O=C(c1cc(F)cc(F)c1)N1CCC(N2C[C](n3cc(-c4ncnc5[nH]ccc45)cn3)C2)CC1. The van der Waals surface area contributed by atoms with E-state index in [0.717, 1.165) is 66.4 Å². The second kappa shape index (κ2) is 8.28. The van der Waals surface area contributed by atoms with Crippen molar-refractivity contribution in [3.8, 4) is 11.3 Å². The summed E-state index contributed by atoms with van der Waals surface area (Å²) in [5.74, 6) is -1.79. The third-order valence-corrected chi connectivity index (χ3v) is 6.68. The lowest BCUT2D eigenvalue weighted by Gasteiger charge is -2.46. The van der Waals surface area contributed by atoms with Gasteiger partial charge in [-0.05, 0) is 31.0 Å². The Morgan fingerprint density at radius 2 is 1.82 bits per heavy atom. The average Bonchev–Trinajstić information content (AvgIpc) is 3.47. The number of benzene rings is 1. The minimum atomic E-state index is -0.735. The van der Waals surface area contributed by atoms with Crippen LogP contribution in [0.1, 0.15) is 23.2 Å². The minimum Gasteiger partial charge on any atom is -0.346 e. The molecule has 5 heterocycles.